The van der Waals surface area contributed by atoms with Crippen LogP contribution in [-0.4, -0.2) is 42.0 Å². The van der Waals surface area contributed by atoms with Gasteiger partial charge in [0.1, 0.15) is 4.90 Å². The van der Waals surface area contributed by atoms with Crippen LogP contribution in [-0.2, 0) is 14.8 Å². The third kappa shape index (κ3) is 5.33. The average Bonchev–Trinajstić information content (AvgIpc) is 2.99. The zero-order valence-electron chi connectivity index (χ0n) is 15.9. The number of hydrogen-bond acceptors (Lipinski definition) is 5. The first kappa shape index (κ1) is 20.8. The van der Waals surface area contributed by atoms with Crippen LogP contribution >= 0.6 is 11.8 Å². The van der Waals surface area contributed by atoms with E-state index in [1.54, 1.807) is 23.4 Å². The highest BCUT2D eigenvalue weighted by Gasteiger charge is 2.25. The number of benzene rings is 1. The summed E-state index contributed by atoms with van der Waals surface area (Å²) < 4.78 is 27.2. The standard InChI is InChI=1S/C20H25N3O3S2/c1-16(20(24)22-17-9-5-4-6-10-17)27-19-12-11-18(15-21-19)28(25,26)23-13-7-2-3-8-14-23/h4-6,9-12,15-16H,2-3,7-8,13-14H2,1H3,(H,22,24)/t16-/m0/s1. The van der Waals surface area contributed by atoms with Crippen molar-refractivity contribution in [1.82, 2.24) is 9.29 Å². The minimum Gasteiger partial charge on any atom is -0.325 e. The first-order valence-electron chi connectivity index (χ1n) is 9.45. The van der Waals surface area contributed by atoms with Crippen molar-refractivity contribution in [3.63, 3.8) is 0 Å². The lowest BCUT2D eigenvalue weighted by atomic mass is 10.2. The van der Waals surface area contributed by atoms with Crippen LogP contribution in [0.1, 0.15) is 32.6 Å². The van der Waals surface area contributed by atoms with Gasteiger partial charge in [-0.05, 0) is 44.0 Å². The van der Waals surface area contributed by atoms with Crippen LogP contribution in [0.15, 0.2) is 58.6 Å². The van der Waals surface area contributed by atoms with Gasteiger partial charge in [0.25, 0.3) is 0 Å². The Morgan fingerprint density at radius 3 is 2.36 bits per heavy atom. The molecule has 1 fully saturated rings. The summed E-state index contributed by atoms with van der Waals surface area (Å²) in [5.41, 5.74) is 0.742. The number of hydrogen-bond donors (Lipinski definition) is 1. The van der Waals surface area contributed by atoms with Crippen molar-refractivity contribution in [2.45, 2.75) is 47.8 Å². The van der Waals surface area contributed by atoms with E-state index in [-0.39, 0.29) is 16.1 Å². The van der Waals surface area contributed by atoms with E-state index in [0.29, 0.717) is 18.1 Å². The molecule has 1 aromatic heterocycles. The Kier molecular flexibility index (Phi) is 7.09. The molecule has 0 spiro atoms. The van der Waals surface area contributed by atoms with Crippen molar-refractivity contribution in [1.29, 1.82) is 0 Å². The molecule has 1 aromatic carbocycles. The van der Waals surface area contributed by atoms with Gasteiger partial charge in [-0.15, -0.1) is 0 Å². The van der Waals surface area contributed by atoms with Crippen LogP contribution in [0.2, 0.25) is 0 Å². The van der Waals surface area contributed by atoms with E-state index in [0.717, 1.165) is 31.4 Å². The molecule has 2 aromatic rings. The minimum atomic E-state index is -3.51. The third-order valence-corrected chi connectivity index (χ3v) is 7.55. The molecule has 0 unspecified atom stereocenters. The van der Waals surface area contributed by atoms with Gasteiger partial charge in [-0.1, -0.05) is 42.8 Å². The van der Waals surface area contributed by atoms with E-state index in [2.05, 4.69) is 10.3 Å². The molecule has 2 heterocycles. The highest BCUT2D eigenvalue weighted by atomic mass is 32.2. The number of thioether (sulfide) groups is 1. The van der Waals surface area contributed by atoms with Gasteiger partial charge in [0, 0.05) is 25.0 Å². The van der Waals surface area contributed by atoms with Crippen LogP contribution in [0.25, 0.3) is 0 Å². The number of anilines is 1. The second-order valence-electron chi connectivity index (χ2n) is 6.77. The summed E-state index contributed by atoms with van der Waals surface area (Å²) in [4.78, 5) is 16.8. The molecular formula is C20H25N3O3S2. The molecule has 28 heavy (non-hydrogen) atoms. The summed E-state index contributed by atoms with van der Waals surface area (Å²) in [5.74, 6) is -0.126. The maximum absolute atomic E-state index is 12.8. The van der Waals surface area contributed by atoms with Gasteiger partial charge in [0.15, 0.2) is 0 Å². The molecule has 1 aliphatic rings. The number of carbonyl (C=O) groups is 1. The van der Waals surface area contributed by atoms with E-state index in [1.165, 1.54) is 18.0 Å². The topological polar surface area (TPSA) is 79.4 Å². The Morgan fingerprint density at radius 2 is 1.75 bits per heavy atom. The third-order valence-electron chi connectivity index (χ3n) is 4.62. The lowest BCUT2D eigenvalue weighted by molar-refractivity contribution is -0.115. The minimum absolute atomic E-state index is 0.126. The quantitative estimate of drug-likeness (QED) is 0.721. The molecule has 0 bridgehead atoms. The second-order valence-corrected chi connectivity index (χ2v) is 10.1. The number of pyridine rings is 1. The molecule has 1 saturated heterocycles. The van der Waals surface area contributed by atoms with Gasteiger partial charge in [-0.25, -0.2) is 13.4 Å². The molecule has 3 rings (SSSR count). The molecule has 150 valence electrons. The molecule has 1 N–H and O–H groups in total. The number of para-hydroxylation sites is 1. The number of aromatic nitrogens is 1. The van der Waals surface area contributed by atoms with E-state index in [4.69, 9.17) is 0 Å². The molecule has 0 saturated carbocycles. The highest BCUT2D eigenvalue weighted by molar-refractivity contribution is 8.00. The van der Waals surface area contributed by atoms with Crippen molar-refractivity contribution in [2.24, 2.45) is 0 Å². The molecule has 1 atom stereocenters. The summed E-state index contributed by atoms with van der Waals surface area (Å²) in [5, 5.41) is 3.11. The molecule has 0 radical (unpaired) electrons. The number of rotatable bonds is 6. The zero-order valence-corrected chi connectivity index (χ0v) is 17.5. The molecule has 1 amide bonds. The van der Waals surface area contributed by atoms with Gasteiger partial charge < -0.3 is 5.32 Å². The van der Waals surface area contributed by atoms with Crippen molar-refractivity contribution >= 4 is 33.4 Å². The van der Waals surface area contributed by atoms with Crippen LogP contribution < -0.4 is 5.32 Å². The molecule has 1 aliphatic heterocycles. The summed E-state index contributed by atoms with van der Waals surface area (Å²) >= 11 is 1.30. The van der Waals surface area contributed by atoms with Crippen molar-refractivity contribution < 1.29 is 13.2 Å². The maximum atomic E-state index is 12.8. The van der Waals surface area contributed by atoms with Crippen molar-refractivity contribution in [2.75, 3.05) is 18.4 Å². The number of nitrogens with one attached hydrogen (secondary N) is 1. The van der Waals surface area contributed by atoms with Gasteiger partial charge in [-0.2, -0.15) is 4.31 Å². The van der Waals surface area contributed by atoms with E-state index >= 15 is 0 Å². The molecule has 6 nitrogen and oxygen atoms in total. The largest absolute Gasteiger partial charge is 0.325 e. The number of nitrogens with zero attached hydrogens (tertiary/aromatic N) is 2. The summed E-state index contributed by atoms with van der Waals surface area (Å²) in [7, 11) is -3.51. The fourth-order valence-corrected chi connectivity index (χ4v) is 5.27. The summed E-state index contributed by atoms with van der Waals surface area (Å²) in [6.45, 7) is 2.93. The molecular weight excluding hydrogens is 394 g/mol. The van der Waals surface area contributed by atoms with E-state index in [1.807, 2.05) is 30.3 Å². The van der Waals surface area contributed by atoms with Crippen molar-refractivity contribution in [3.05, 3.63) is 48.7 Å². The van der Waals surface area contributed by atoms with Crippen LogP contribution in [0.3, 0.4) is 0 Å². The Morgan fingerprint density at radius 1 is 1.07 bits per heavy atom. The van der Waals surface area contributed by atoms with E-state index < -0.39 is 10.0 Å². The fraction of sp³-hybridized carbons (Fsp3) is 0.400. The Bertz CT molecular complexity index is 879. The predicted octanol–water partition coefficient (Wildman–Crippen LogP) is 3.77. The Labute approximate surface area is 170 Å². The maximum Gasteiger partial charge on any atom is 0.244 e. The molecule has 8 heteroatoms. The van der Waals surface area contributed by atoms with Gasteiger partial charge in [-0.3, -0.25) is 4.79 Å². The first-order chi connectivity index (χ1) is 13.5. The summed E-state index contributed by atoms with van der Waals surface area (Å²) in [6, 6.07) is 12.5. The average molecular weight is 420 g/mol. The summed E-state index contributed by atoms with van der Waals surface area (Å²) in [6.07, 6.45) is 5.33. The first-order valence-corrected chi connectivity index (χ1v) is 11.8. The zero-order chi connectivity index (χ0) is 20.0. The highest BCUT2D eigenvalue weighted by Crippen LogP contribution is 2.25. The lowest BCUT2D eigenvalue weighted by Crippen LogP contribution is -2.32. The van der Waals surface area contributed by atoms with Gasteiger partial charge in [0.05, 0.1) is 10.3 Å². The molecule has 0 aliphatic carbocycles. The Hall–Kier alpha value is -1.90. The predicted molar refractivity (Wildman–Crippen MR) is 112 cm³/mol. The van der Waals surface area contributed by atoms with Crippen molar-refractivity contribution in [3.8, 4) is 0 Å². The van der Waals surface area contributed by atoms with Crippen LogP contribution in [0.4, 0.5) is 5.69 Å². The number of carbonyl (C=O) groups excluding carboxylic acids is 1. The van der Waals surface area contributed by atoms with Gasteiger partial charge in [0.2, 0.25) is 15.9 Å². The smallest absolute Gasteiger partial charge is 0.244 e. The monoisotopic (exact) mass is 419 g/mol. The van der Waals surface area contributed by atoms with Crippen LogP contribution in [0.5, 0.6) is 0 Å². The van der Waals surface area contributed by atoms with E-state index in [9.17, 15) is 13.2 Å². The number of sulfonamides is 1. The normalized spacial score (nSPS) is 16.9. The fourth-order valence-electron chi connectivity index (χ4n) is 3.02. The van der Waals surface area contributed by atoms with Gasteiger partial charge >= 0.3 is 0 Å². The Balaban J connectivity index is 1.62. The lowest BCUT2D eigenvalue weighted by Gasteiger charge is -2.19. The SMILES string of the molecule is C[C@H](Sc1ccc(S(=O)(=O)N2CCCCCC2)cn1)C(=O)Nc1ccccc1. The second kappa shape index (κ2) is 9.54. The van der Waals surface area contributed by atoms with Crippen LogP contribution in [0, 0.1) is 0 Å². The number of amides is 1.